The topological polar surface area (TPSA) is 166 Å². The third-order valence-corrected chi connectivity index (χ3v) is 5.54. The van der Waals surface area contributed by atoms with Gasteiger partial charge >= 0.3 is 0 Å². The summed E-state index contributed by atoms with van der Waals surface area (Å²) in [6.07, 6.45) is -7.07. The number of fused-ring (bicyclic) bond motifs is 1. The van der Waals surface area contributed by atoms with Crippen LogP contribution >= 0.6 is 0 Å². The number of aliphatic hydroxyl groups excluding tert-OH is 4. The zero-order valence-corrected chi connectivity index (χ0v) is 14.1. The maximum atomic E-state index is 11.2. The van der Waals surface area contributed by atoms with Gasteiger partial charge in [-0.25, -0.2) is 0 Å². The molecular weight excluding hydrogens is 352 g/mol. The van der Waals surface area contributed by atoms with Crippen LogP contribution in [0.2, 0.25) is 0 Å². The minimum atomic E-state index is -1.68. The average Bonchev–Trinajstić information content (AvgIpc) is 2.86. The molecule has 0 aromatic heterocycles. The predicted molar refractivity (Wildman–Crippen MR) is 82.2 cm³/mol. The molecule has 148 valence electrons. The number of ether oxygens (including phenoxy) is 3. The molecule has 1 saturated carbocycles. The predicted octanol–water partition coefficient (Wildman–Crippen LogP) is -2.87. The van der Waals surface area contributed by atoms with Crippen LogP contribution in [0.15, 0.2) is 11.8 Å². The molecule has 6 N–H and O–H groups in total. The molecule has 9 atom stereocenters. The van der Waals surface area contributed by atoms with E-state index in [4.69, 9.17) is 14.2 Å². The van der Waals surface area contributed by atoms with Crippen LogP contribution in [-0.4, -0.2) is 91.7 Å². The van der Waals surface area contributed by atoms with Crippen molar-refractivity contribution in [2.45, 2.75) is 68.0 Å². The molecule has 1 aliphatic carbocycles. The van der Waals surface area contributed by atoms with Crippen LogP contribution in [0.4, 0.5) is 0 Å². The fourth-order valence-corrected chi connectivity index (χ4v) is 3.98. The maximum absolute atomic E-state index is 11.2. The highest BCUT2D eigenvalue weighted by atomic mass is 16.8. The Morgan fingerprint density at radius 1 is 1.19 bits per heavy atom. The van der Waals surface area contributed by atoms with E-state index in [1.165, 1.54) is 6.92 Å². The molecular formula is C16H24O10. The lowest BCUT2D eigenvalue weighted by atomic mass is 9.78. The minimum absolute atomic E-state index is 0.0334. The summed E-state index contributed by atoms with van der Waals surface area (Å²) in [4.78, 5) is 11.2. The largest absolute Gasteiger partial charge is 0.471 e. The molecule has 2 aliphatic heterocycles. The van der Waals surface area contributed by atoms with Crippen molar-refractivity contribution in [3.8, 4) is 0 Å². The first kappa shape index (κ1) is 19.6. The van der Waals surface area contributed by atoms with Crippen molar-refractivity contribution in [3.05, 3.63) is 11.8 Å². The van der Waals surface area contributed by atoms with E-state index in [0.29, 0.717) is 6.29 Å². The Kier molecular flexibility index (Phi) is 5.14. The van der Waals surface area contributed by atoms with Gasteiger partial charge in [0.2, 0.25) is 6.29 Å². The maximum Gasteiger partial charge on any atom is 0.210 e. The highest BCUT2D eigenvalue weighted by molar-refractivity contribution is 5.76. The number of rotatable bonds is 4. The van der Waals surface area contributed by atoms with Crippen LogP contribution in [0.3, 0.4) is 0 Å². The first-order valence-electron chi connectivity index (χ1n) is 8.37. The number of hydrogen-bond acceptors (Lipinski definition) is 10. The van der Waals surface area contributed by atoms with Crippen molar-refractivity contribution in [1.29, 1.82) is 0 Å². The summed E-state index contributed by atoms with van der Waals surface area (Å²) >= 11 is 0. The quantitative estimate of drug-likeness (QED) is 0.281. The standard InChI is InChI=1S/C16H24O10/c1-15(22)2-3-16(23)7(4-17)6-24-14(12(15)16)26-13-11(21)10(20)9(19)8(5-18)25-13/h4,6,8-14,18-23H,2-3,5H2,1H3/t8?,9?,10?,11?,12?,13?,14?,15-,16-/m0/s1. The van der Waals surface area contributed by atoms with E-state index in [0.717, 1.165) is 6.26 Å². The number of aldehydes is 1. The van der Waals surface area contributed by atoms with E-state index in [1.807, 2.05) is 0 Å². The van der Waals surface area contributed by atoms with Gasteiger partial charge in [-0.2, -0.15) is 0 Å². The SMILES string of the molecule is C[C@]1(O)CC[C@]2(O)C(C=O)=COC(OC3OC(CO)C(O)C(O)C3O)C12. The molecule has 2 heterocycles. The minimum Gasteiger partial charge on any atom is -0.471 e. The molecule has 0 aromatic rings. The lowest BCUT2D eigenvalue weighted by molar-refractivity contribution is -0.351. The third-order valence-electron chi connectivity index (χ3n) is 5.54. The van der Waals surface area contributed by atoms with Crippen molar-refractivity contribution < 1.29 is 49.6 Å². The van der Waals surface area contributed by atoms with Crippen molar-refractivity contribution in [2.24, 2.45) is 5.92 Å². The van der Waals surface area contributed by atoms with Gasteiger partial charge in [-0.1, -0.05) is 0 Å². The molecule has 10 heteroatoms. The van der Waals surface area contributed by atoms with Gasteiger partial charge in [0.15, 0.2) is 12.6 Å². The summed E-state index contributed by atoms with van der Waals surface area (Å²) < 4.78 is 16.2. The second-order valence-corrected chi connectivity index (χ2v) is 7.29. The van der Waals surface area contributed by atoms with Crippen LogP contribution in [0.25, 0.3) is 0 Å². The van der Waals surface area contributed by atoms with Crippen LogP contribution in [-0.2, 0) is 19.0 Å². The normalized spacial score (nSPS) is 51.3. The molecule has 0 radical (unpaired) electrons. The van der Waals surface area contributed by atoms with Crippen LogP contribution < -0.4 is 0 Å². The fourth-order valence-electron chi connectivity index (χ4n) is 3.98. The van der Waals surface area contributed by atoms with Gasteiger partial charge in [0.25, 0.3) is 0 Å². The molecule has 3 aliphatic rings. The monoisotopic (exact) mass is 376 g/mol. The zero-order chi connectivity index (χ0) is 19.3. The number of hydrogen-bond donors (Lipinski definition) is 6. The zero-order valence-electron chi connectivity index (χ0n) is 14.1. The second kappa shape index (κ2) is 6.80. The summed E-state index contributed by atoms with van der Waals surface area (Å²) in [5.41, 5.74) is -3.15. The number of carbonyl (C=O) groups is 1. The molecule has 1 saturated heterocycles. The molecule has 0 aromatic carbocycles. The molecule has 0 amide bonds. The smallest absolute Gasteiger partial charge is 0.210 e. The summed E-state index contributed by atoms with van der Waals surface area (Å²) in [6.45, 7) is 0.840. The molecule has 7 unspecified atom stereocenters. The second-order valence-electron chi connectivity index (χ2n) is 7.29. The first-order valence-corrected chi connectivity index (χ1v) is 8.37. The Bertz CT molecular complexity index is 575. The molecule has 0 bridgehead atoms. The Balaban J connectivity index is 1.85. The number of aliphatic hydroxyl groups is 6. The van der Waals surface area contributed by atoms with Gasteiger partial charge in [0.1, 0.15) is 30.0 Å². The van der Waals surface area contributed by atoms with Crippen molar-refractivity contribution in [2.75, 3.05) is 6.61 Å². The van der Waals surface area contributed by atoms with Gasteiger partial charge in [0.05, 0.1) is 30.0 Å². The molecule has 3 rings (SSSR count). The molecule has 2 fully saturated rings. The van der Waals surface area contributed by atoms with E-state index in [9.17, 15) is 35.4 Å². The lowest BCUT2D eigenvalue weighted by Crippen LogP contribution is -2.62. The summed E-state index contributed by atoms with van der Waals surface area (Å²) in [6, 6.07) is 0. The molecule has 26 heavy (non-hydrogen) atoms. The first-order chi connectivity index (χ1) is 12.2. The summed E-state index contributed by atoms with van der Waals surface area (Å²) in [5.74, 6) is -1.06. The van der Waals surface area contributed by atoms with Gasteiger partial charge in [-0.05, 0) is 19.8 Å². The van der Waals surface area contributed by atoms with Gasteiger partial charge in [0, 0.05) is 0 Å². The van der Waals surface area contributed by atoms with Gasteiger partial charge in [-0.3, -0.25) is 4.79 Å². The van der Waals surface area contributed by atoms with E-state index in [-0.39, 0.29) is 18.4 Å². The fraction of sp³-hybridized carbons (Fsp3) is 0.812. The highest BCUT2D eigenvalue weighted by Gasteiger charge is 2.62. The average molecular weight is 376 g/mol. The Hall–Kier alpha value is -1.11. The highest BCUT2D eigenvalue weighted by Crippen LogP contribution is 2.51. The Labute approximate surface area is 149 Å². The van der Waals surface area contributed by atoms with E-state index in [1.54, 1.807) is 0 Å². The van der Waals surface area contributed by atoms with Gasteiger partial charge in [-0.15, -0.1) is 0 Å². The Morgan fingerprint density at radius 3 is 2.50 bits per heavy atom. The third kappa shape index (κ3) is 2.96. The molecule has 0 spiro atoms. The van der Waals surface area contributed by atoms with E-state index >= 15 is 0 Å². The van der Waals surface area contributed by atoms with E-state index in [2.05, 4.69) is 0 Å². The van der Waals surface area contributed by atoms with Crippen LogP contribution in [0.5, 0.6) is 0 Å². The van der Waals surface area contributed by atoms with Crippen molar-refractivity contribution >= 4 is 6.29 Å². The number of carbonyl (C=O) groups excluding carboxylic acids is 1. The van der Waals surface area contributed by atoms with Crippen molar-refractivity contribution in [3.63, 3.8) is 0 Å². The Morgan fingerprint density at radius 2 is 1.88 bits per heavy atom. The summed E-state index contributed by atoms with van der Waals surface area (Å²) in [5, 5.41) is 60.5. The lowest BCUT2D eigenvalue weighted by Gasteiger charge is -2.46. The van der Waals surface area contributed by atoms with Gasteiger partial charge < -0.3 is 44.8 Å². The van der Waals surface area contributed by atoms with E-state index < -0.39 is 60.7 Å². The van der Waals surface area contributed by atoms with Crippen molar-refractivity contribution in [1.82, 2.24) is 0 Å². The van der Waals surface area contributed by atoms with Crippen LogP contribution in [0, 0.1) is 5.92 Å². The van der Waals surface area contributed by atoms with Crippen LogP contribution in [0.1, 0.15) is 19.8 Å². The molecule has 10 nitrogen and oxygen atoms in total. The summed E-state index contributed by atoms with van der Waals surface area (Å²) in [7, 11) is 0.